The zero-order valence-corrected chi connectivity index (χ0v) is 13.8. The number of nitro groups is 1. The van der Waals surface area contributed by atoms with Gasteiger partial charge < -0.3 is 0 Å². The van der Waals surface area contributed by atoms with E-state index in [2.05, 4.69) is 19.9 Å². The Kier molecular flexibility index (Phi) is 4.19. The van der Waals surface area contributed by atoms with Gasteiger partial charge in [-0.15, -0.1) is 0 Å². The molecule has 0 aliphatic rings. The van der Waals surface area contributed by atoms with Gasteiger partial charge >= 0.3 is 0 Å². The number of hydrogen-bond acceptors (Lipinski definition) is 6. The third kappa shape index (κ3) is 3.33. The van der Waals surface area contributed by atoms with Crippen LogP contribution in [-0.2, 0) is 10.0 Å². The zero-order chi connectivity index (χ0) is 18.0. The number of anilines is 1. The summed E-state index contributed by atoms with van der Waals surface area (Å²) in [5, 5.41) is 17.4. The lowest BCUT2D eigenvalue weighted by molar-refractivity contribution is -0.385. The number of benzene rings is 1. The average Bonchev–Trinajstić information content (AvgIpc) is 3.02. The number of rotatable bonds is 5. The first kappa shape index (κ1) is 16.6. The number of nitrogens with zero attached hydrogens (tertiary/aromatic N) is 3. The average molecular weight is 359 g/mol. The van der Waals surface area contributed by atoms with Crippen molar-refractivity contribution in [3.05, 3.63) is 64.5 Å². The molecule has 0 unspecified atom stereocenters. The van der Waals surface area contributed by atoms with Gasteiger partial charge in [-0.3, -0.25) is 24.9 Å². The summed E-state index contributed by atoms with van der Waals surface area (Å²) in [4.78, 5) is 14.3. The van der Waals surface area contributed by atoms with Gasteiger partial charge in [-0.05, 0) is 30.7 Å². The number of nitrogens with one attached hydrogen (secondary N) is 2. The molecule has 3 aromatic rings. The maximum Gasteiger partial charge on any atom is 0.269 e. The Hall–Kier alpha value is -3.27. The SMILES string of the molecule is Cc1cc([N+](=O)[O-])ccc1S(=O)(=O)Nc1cn[nH]c1-c1ccccn1. The molecule has 0 radical (unpaired) electrons. The second-order valence-electron chi connectivity index (χ2n) is 5.19. The van der Waals surface area contributed by atoms with Crippen LogP contribution in [0.5, 0.6) is 0 Å². The van der Waals surface area contributed by atoms with Gasteiger partial charge in [-0.1, -0.05) is 6.07 Å². The van der Waals surface area contributed by atoms with E-state index in [9.17, 15) is 18.5 Å². The molecule has 0 spiro atoms. The number of aryl methyl sites for hydroxylation is 1. The van der Waals surface area contributed by atoms with Crippen LogP contribution in [0.1, 0.15) is 5.56 Å². The normalized spacial score (nSPS) is 11.2. The maximum absolute atomic E-state index is 12.6. The van der Waals surface area contributed by atoms with Gasteiger partial charge in [0, 0.05) is 18.3 Å². The summed E-state index contributed by atoms with van der Waals surface area (Å²) in [6.07, 6.45) is 2.91. The third-order valence-corrected chi connectivity index (χ3v) is 4.99. The number of non-ortho nitro benzene ring substituents is 1. The number of aromatic amines is 1. The lowest BCUT2D eigenvalue weighted by atomic mass is 10.2. The first-order chi connectivity index (χ1) is 11.9. The van der Waals surface area contributed by atoms with E-state index in [4.69, 9.17) is 0 Å². The van der Waals surface area contributed by atoms with Crippen molar-refractivity contribution in [2.75, 3.05) is 4.72 Å². The van der Waals surface area contributed by atoms with Gasteiger partial charge in [0.15, 0.2) is 0 Å². The zero-order valence-electron chi connectivity index (χ0n) is 13.0. The minimum atomic E-state index is -3.95. The van der Waals surface area contributed by atoms with Gasteiger partial charge in [0.1, 0.15) is 5.69 Å². The van der Waals surface area contributed by atoms with Crippen molar-refractivity contribution in [2.24, 2.45) is 0 Å². The van der Waals surface area contributed by atoms with Crippen molar-refractivity contribution in [1.29, 1.82) is 0 Å². The smallest absolute Gasteiger partial charge is 0.269 e. The topological polar surface area (TPSA) is 131 Å². The molecule has 0 fully saturated rings. The van der Waals surface area contributed by atoms with Crippen LogP contribution in [0.25, 0.3) is 11.4 Å². The molecular weight excluding hydrogens is 346 g/mol. The molecule has 10 heteroatoms. The first-order valence-electron chi connectivity index (χ1n) is 7.11. The van der Waals surface area contributed by atoms with Crippen molar-refractivity contribution >= 4 is 21.4 Å². The molecule has 0 aliphatic carbocycles. The predicted octanol–water partition coefficient (Wildman–Crippen LogP) is 2.49. The predicted molar refractivity (Wildman–Crippen MR) is 90.5 cm³/mol. The summed E-state index contributed by atoms with van der Waals surface area (Å²) >= 11 is 0. The number of aromatic nitrogens is 3. The first-order valence-corrected chi connectivity index (χ1v) is 8.59. The number of hydrogen-bond donors (Lipinski definition) is 2. The van der Waals surface area contributed by atoms with E-state index in [1.54, 1.807) is 24.4 Å². The van der Waals surface area contributed by atoms with E-state index in [0.29, 0.717) is 11.4 Å². The van der Waals surface area contributed by atoms with Crippen LogP contribution in [0.3, 0.4) is 0 Å². The molecule has 0 saturated heterocycles. The molecule has 2 heterocycles. The molecule has 0 atom stereocenters. The Balaban J connectivity index is 1.96. The third-order valence-electron chi connectivity index (χ3n) is 3.46. The lowest BCUT2D eigenvalue weighted by Gasteiger charge is -2.10. The highest BCUT2D eigenvalue weighted by Crippen LogP contribution is 2.27. The van der Waals surface area contributed by atoms with Crippen LogP contribution in [0, 0.1) is 17.0 Å². The Labute approximate surface area is 142 Å². The molecule has 25 heavy (non-hydrogen) atoms. The number of sulfonamides is 1. The minimum Gasteiger partial charge on any atom is -0.276 e. The molecule has 0 saturated carbocycles. The molecule has 9 nitrogen and oxygen atoms in total. The van der Waals surface area contributed by atoms with Crippen LogP contribution in [0.2, 0.25) is 0 Å². The molecule has 1 aromatic carbocycles. The molecule has 0 bridgehead atoms. The van der Waals surface area contributed by atoms with E-state index >= 15 is 0 Å². The van der Waals surface area contributed by atoms with E-state index in [-0.39, 0.29) is 21.8 Å². The highest BCUT2D eigenvalue weighted by Gasteiger charge is 2.22. The highest BCUT2D eigenvalue weighted by atomic mass is 32.2. The van der Waals surface area contributed by atoms with Crippen LogP contribution >= 0.6 is 0 Å². The highest BCUT2D eigenvalue weighted by molar-refractivity contribution is 7.92. The summed E-state index contributed by atoms with van der Waals surface area (Å²) in [5.41, 5.74) is 1.27. The Morgan fingerprint density at radius 3 is 2.68 bits per heavy atom. The Morgan fingerprint density at radius 1 is 1.24 bits per heavy atom. The molecule has 2 N–H and O–H groups in total. The molecule has 0 aliphatic heterocycles. The van der Waals surface area contributed by atoms with Gasteiger partial charge in [-0.2, -0.15) is 5.10 Å². The van der Waals surface area contributed by atoms with Gasteiger partial charge in [0.05, 0.1) is 27.4 Å². The Morgan fingerprint density at radius 2 is 2.04 bits per heavy atom. The van der Waals surface area contributed by atoms with Crippen LogP contribution in [0.4, 0.5) is 11.4 Å². The summed E-state index contributed by atoms with van der Waals surface area (Å²) in [6, 6.07) is 8.78. The molecule has 2 aromatic heterocycles. The van der Waals surface area contributed by atoms with Crippen LogP contribution in [0.15, 0.2) is 53.7 Å². The van der Waals surface area contributed by atoms with E-state index < -0.39 is 14.9 Å². The Bertz CT molecular complexity index is 1030. The van der Waals surface area contributed by atoms with Crippen molar-refractivity contribution in [1.82, 2.24) is 15.2 Å². The van der Waals surface area contributed by atoms with E-state index in [1.807, 2.05) is 0 Å². The number of pyridine rings is 1. The quantitative estimate of drug-likeness (QED) is 0.531. The number of nitro benzene ring substituents is 1. The summed E-state index contributed by atoms with van der Waals surface area (Å²) in [7, 11) is -3.95. The van der Waals surface area contributed by atoms with Crippen LogP contribution in [-0.4, -0.2) is 28.5 Å². The van der Waals surface area contributed by atoms with E-state index in [1.165, 1.54) is 25.3 Å². The fourth-order valence-corrected chi connectivity index (χ4v) is 3.60. The van der Waals surface area contributed by atoms with Crippen LogP contribution < -0.4 is 4.72 Å². The van der Waals surface area contributed by atoms with Gasteiger partial charge in [0.2, 0.25) is 0 Å². The van der Waals surface area contributed by atoms with Gasteiger partial charge in [-0.25, -0.2) is 8.42 Å². The second kappa shape index (κ2) is 6.32. The number of H-pyrrole nitrogens is 1. The monoisotopic (exact) mass is 359 g/mol. The molecule has 128 valence electrons. The van der Waals surface area contributed by atoms with Crippen molar-refractivity contribution in [3.63, 3.8) is 0 Å². The standard InChI is InChI=1S/C15H13N5O4S/c1-10-8-11(20(21)22)5-6-14(10)25(23,24)19-13-9-17-18-15(13)12-4-2-3-7-16-12/h2-9,19H,1H3,(H,17,18). The molecule has 3 rings (SSSR count). The molecular formula is C15H13N5O4S. The van der Waals surface area contributed by atoms with Gasteiger partial charge in [0.25, 0.3) is 15.7 Å². The summed E-state index contributed by atoms with van der Waals surface area (Å²) in [6.45, 7) is 1.50. The van der Waals surface area contributed by atoms with E-state index in [0.717, 1.165) is 6.07 Å². The minimum absolute atomic E-state index is 0.0497. The van der Waals surface area contributed by atoms with Crippen molar-refractivity contribution in [2.45, 2.75) is 11.8 Å². The fraction of sp³-hybridized carbons (Fsp3) is 0.0667. The second-order valence-corrected chi connectivity index (χ2v) is 6.84. The molecule has 0 amide bonds. The van der Waals surface area contributed by atoms with Crippen molar-refractivity contribution in [3.8, 4) is 11.4 Å². The maximum atomic E-state index is 12.6. The van der Waals surface area contributed by atoms with Crippen molar-refractivity contribution < 1.29 is 13.3 Å². The summed E-state index contributed by atoms with van der Waals surface area (Å²) < 4.78 is 27.7. The largest absolute Gasteiger partial charge is 0.276 e. The lowest BCUT2D eigenvalue weighted by Crippen LogP contribution is -2.14. The summed E-state index contributed by atoms with van der Waals surface area (Å²) in [5.74, 6) is 0. The fourth-order valence-electron chi connectivity index (χ4n) is 2.32.